The summed E-state index contributed by atoms with van der Waals surface area (Å²) in [5, 5.41) is 5.47. The Labute approximate surface area is 144 Å². The average molecular weight is 325 g/mol. The Balaban J connectivity index is 1.54. The molecule has 2 aromatic rings. The van der Waals surface area contributed by atoms with E-state index in [1.165, 1.54) is 10.8 Å². The highest BCUT2D eigenvalue weighted by Gasteiger charge is 2.19. The number of benzene rings is 2. The van der Waals surface area contributed by atoms with Gasteiger partial charge in [-0.3, -0.25) is 9.69 Å². The van der Waals surface area contributed by atoms with Crippen LogP contribution in [0.4, 0.5) is 0 Å². The Kier molecular flexibility index (Phi) is 5.48. The number of piperazine rings is 1. The van der Waals surface area contributed by atoms with E-state index in [2.05, 4.69) is 47.3 Å². The van der Waals surface area contributed by atoms with E-state index in [0.29, 0.717) is 19.0 Å². The largest absolute Gasteiger partial charge is 0.354 e. The number of hydrogen-bond acceptors (Lipinski definition) is 3. The van der Waals surface area contributed by atoms with E-state index in [-0.39, 0.29) is 5.91 Å². The van der Waals surface area contributed by atoms with E-state index in [4.69, 9.17) is 0 Å². The molecule has 1 aliphatic heterocycles. The number of rotatable bonds is 5. The monoisotopic (exact) mass is 325 g/mol. The van der Waals surface area contributed by atoms with Gasteiger partial charge in [-0.1, -0.05) is 42.5 Å². The molecule has 0 saturated carbocycles. The number of carbonyl (C=O) groups excluding carboxylic acids is 1. The summed E-state index contributed by atoms with van der Waals surface area (Å²) in [7, 11) is 2.16. The van der Waals surface area contributed by atoms with Crippen LogP contribution in [-0.2, 0) is 11.2 Å². The van der Waals surface area contributed by atoms with Crippen LogP contribution in [0.2, 0.25) is 0 Å². The molecule has 1 saturated heterocycles. The SMILES string of the molecule is CC(CNC(=O)Cc1cccc2ccccc12)N1CCN(C)CC1. The van der Waals surface area contributed by atoms with Gasteiger partial charge >= 0.3 is 0 Å². The number of fused-ring (bicyclic) bond motifs is 1. The quantitative estimate of drug-likeness (QED) is 0.915. The maximum absolute atomic E-state index is 12.4. The van der Waals surface area contributed by atoms with Crippen molar-refractivity contribution in [1.29, 1.82) is 0 Å². The van der Waals surface area contributed by atoms with Crippen molar-refractivity contribution in [2.24, 2.45) is 0 Å². The first-order valence-corrected chi connectivity index (χ1v) is 8.79. The van der Waals surface area contributed by atoms with Gasteiger partial charge in [0, 0.05) is 38.8 Å². The molecule has 1 N–H and O–H groups in total. The van der Waals surface area contributed by atoms with Crippen LogP contribution < -0.4 is 5.32 Å². The van der Waals surface area contributed by atoms with Crippen molar-refractivity contribution >= 4 is 16.7 Å². The molecule has 1 unspecified atom stereocenters. The molecule has 4 nitrogen and oxygen atoms in total. The zero-order valence-electron chi connectivity index (χ0n) is 14.7. The smallest absolute Gasteiger partial charge is 0.224 e. The summed E-state index contributed by atoms with van der Waals surface area (Å²) in [5.74, 6) is 0.104. The second kappa shape index (κ2) is 7.77. The second-order valence-electron chi connectivity index (χ2n) is 6.81. The molecule has 3 rings (SSSR count). The Bertz CT molecular complexity index is 687. The molecule has 0 aromatic heterocycles. The Morgan fingerprint density at radius 2 is 1.79 bits per heavy atom. The lowest BCUT2D eigenvalue weighted by Crippen LogP contribution is -2.51. The van der Waals surface area contributed by atoms with Crippen molar-refractivity contribution in [2.45, 2.75) is 19.4 Å². The van der Waals surface area contributed by atoms with E-state index in [9.17, 15) is 4.79 Å². The lowest BCUT2D eigenvalue weighted by Gasteiger charge is -2.36. The van der Waals surface area contributed by atoms with Crippen LogP contribution in [0.15, 0.2) is 42.5 Å². The number of carbonyl (C=O) groups is 1. The summed E-state index contributed by atoms with van der Waals surface area (Å²) >= 11 is 0. The summed E-state index contributed by atoms with van der Waals surface area (Å²) in [5.41, 5.74) is 1.10. The fraction of sp³-hybridized carbons (Fsp3) is 0.450. The number of hydrogen-bond donors (Lipinski definition) is 1. The first-order chi connectivity index (χ1) is 11.6. The van der Waals surface area contributed by atoms with Crippen LogP contribution in [0.3, 0.4) is 0 Å². The van der Waals surface area contributed by atoms with Crippen molar-refractivity contribution in [1.82, 2.24) is 15.1 Å². The number of nitrogens with zero attached hydrogens (tertiary/aromatic N) is 2. The molecule has 2 aromatic carbocycles. The summed E-state index contributed by atoms with van der Waals surface area (Å²) in [6.45, 7) is 7.28. The molecule has 0 bridgehead atoms. The standard InChI is InChI=1S/C20H27N3O/c1-16(23-12-10-22(2)11-13-23)15-21-20(24)14-18-8-5-7-17-6-3-4-9-19(17)18/h3-9,16H,10-15H2,1-2H3,(H,21,24). The van der Waals surface area contributed by atoms with E-state index >= 15 is 0 Å². The van der Waals surface area contributed by atoms with Gasteiger partial charge < -0.3 is 10.2 Å². The van der Waals surface area contributed by atoms with Gasteiger partial charge in [-0.25, -0.2) is 0 Å². The van der Waals surface area contributed by atoms with Crippen LogP contribution in [0, 0.1) is 0 Å². The van der Waals surface area contributed by atoms with Crippen LogP contribution in [-0.4, -0.2) is 61.5 Å². The molecular formula is C20H27N3O. The van der Waals surface area contributed by atoms with Gasteiger partial charge in [0.05, 0.1) is 6.42 Å². The summed E-state index contributed by atoms with van der Waals surface area (Å²) in [6, 6.07) is 14.8. The molecule has 0 spiro atoms. The Morgan fingerprint density at radius 1 is 1.08 bits per heavy atom. The lowest BCUT2D eigenvalue weighted by molar-refractivity contribution is -0.120. The third-order valence-electron chi connectivity index (χ3n) is 4.99. The fourth-order valence-corrected chi connectivity index (χ4v) is 3.34. The molecule has 1 heterocycles. The van der Waals surface area contributed by atoms with Gasteiger partial charge in [-0.2, -0.15) is 0 Å². The van der Waals surface area contributed by atoms with Crippen LogP contribution in [0.1, 0.15) is 12.5 Å². The molecule has 1 fully saturated rings. The van der Waals surface area contributed by atoms with Crippen molar-refractivity contribution < 1.29 is 4.79 Å². The van der Waals surface area contributed by atoms with Gasteiger partial charge in [0.1, 0.15) is 0 Å². The van der Waals surface area contributed by atoms with E-state index in [1.807, 2.05) is 24.3 Å². The molecule has 0 radical (unpaired) electrons. The summed E-state index contributed by atoms with van der Waals surface area (Å²) < 4.78 is 0. The maximum Gasteiger partial charge on any atom is 0.224 e. The number of nitrogens with one attached hydrogen (secondary N) is 1. The molecule has 4 heteroatoms. The minimum atomic E-state index is 0.104. The zero-order chi connectivity index (χ0) is 16.9. The van der Waals surface area contributed by atoms with Crippen LogP contribution in [0.25, 0.3) is 10.8 Å². The zero-order valence-corrected chi connectivity index (χ0v) is 14.7. The van der Waals surface area contributed by atoms with Crippen molar-refractivity contribution in [3.63, 3.8) is 0 Å². The third kappa shape index (κ3) is 4.13. The first-order valence-electron chi connectivity index (χ1n) is 8.79. The third-order valence-corrected chi connectivity index (χ3v) is 4.99. The van der Waals surface area contributed by atoms with Gasteiger partial charge in [0.25, 0.3) is 0 Å². The summed E-state index contributed by atoms with van der Waals surface area (Å²) in [6.07, 6.45) is 0.441. The van der Waals surface area contributed by atoms with Crippen molar-refractivity contribution in [3.05, 3.63) is 48.0 Å². The van der Waals surface area contributed by atoms with Gasteiger partial charge in [0.2, 0.25) is 5.91 Å². The van der Waals surface area contributed by atoms with Crippen molar-refractivity contribution in [3.8, 4) is 0 Å². The highest BCUT2D eigenvalue weighted by Crippen LogP contribution is 2.18. The molecule has 128 valence electrons. The minimum absolute atomic E-state index is 0.104. The topological polar surface area (TPSA) is 35.6 Å². The van der Waals surface area contributed by atoms with E-state index in [0.717, 1.165) is 31.7 Å². The molecule has 0 aliphatic carbocycles. The Hall–Kier alpha value is -1.91. The fourth-order valence-electron chi connectivity index (χ4n) is 3.34. The molecule has 24 heavy (non-hydrogen) atoms. The predicted molar refractivity (Wildman–Crippen MR) is 99.2 cm³/mol. The normalized spacial score (nSPS) is 17.8. The predicted octanol–water partition coefficient (Wildman–Crippen LogP) is 2.13. The number of amides is 1. The Morgan fingerprint density at radius 3 is 2.58 bits per heavy atom. The number of likely N-dealkylation sites (N-methyl/N-ethyl adjacent to an activating group) is 1. The molecule has 1 aliphatic rings. The lowest BCUT2D eigenvalue weighted by atomic mass is 10.0. The van der Waals surface area contributed by atoms with Gasteiger partial charge in [0.15, 0.2) is 0 Å². The molecule has 1 amide bonds. The maximum atomic E-state index is 12.4. The highest BCUT2D eigenvalue weighted by atomic mass is 16.1. The highest BCUT2D eigenvalue weighted by molar-refractivity contribution is 5.90. The minimum Gasteiger partial charge on any atom is -0.354 e. The molecular weight excluding hydrogens is 298 g/mol. The van der Waals surface area contributed by atoms with Gasteiger partial charge in [-0.05, 0) is 30.3 Å². The van der Waals surface area contributed by atoms with Crippen LogP contribution >= 0.6 is 0 Å². The van der Waals surface area contributed by atoms with E-state index < -0.39 is 0 Å². The first kappa shape index (κ1) is 16.9. The van der Waals surface area contributed by atoms with Crippen LogP contribution in [0.5, 0.6) is 0 Å². The second-order valence-corrected chi connectivity index (χ2v) is 6.81. The molecule has 1 atom stereocenters. The average Bonchev–Trinajstić information content (AvgIpc) is 2.61. The van der Waals surface area contributed by atoms with E-state index in [1.54, 1.807) is 0 Å². The van der Waals surface area contributed by atoms with Gasteiger partial charge in [-0.15, -0.1) is 0 Å². The summed E-state index contributed by atoms with van der Waals surface area (Å²) in [4.78, 5) is 17.2. The van der Waals surface area contributed by atoms with Crippen molar-refractivity contribution in [2.75, 3.05) is 39.8 Å².